The number of nitrogens with one attached hydrogen (secondary N) is 1. The summed E-state index contributed by atoms with van der Waals surface area (Å²) in [7, 11) is -3.50. The van der Waals surface area contributed by atoms with Gasteiger partial charge in [-0.15, -0.1) is 10.2 Å². The minimum Gasteiger partial charge on any atom is -0.299 e. The number of amides is 1. The first-order valence-corrected chi connectivity index (χ1v) is 13.1. The summed E-state index contributed by atoms with van der Waals surface area (Å²) in [6, 6.07) is 6.91. The molecule has 1 aromatic heterocycles. The molecule has 10 heteroatoms. The first kappa shape index (κ1) is 22.3. The van der Waals surface area contributed by atoms with E-state index in [2.05, 4.69) is 15.5 Å². The number of benzene rings is 1. The fourth-order valence-corrected chi connectivity index (χ4v) is 6.50. The van der Waals surface area contributed by atoms with Gasteiger partial charge in [0.25, 0.3) is 0 Å². The summed E-state index contributed by atoms with van der Waals surface area (Å²) in [6.45, 7) is 3.92. The number of aromatic nitrogens is 2. The number of carbonyl (C=O) groups is 1. The van der Waals surface area contributed by atoms with Gasteiger partial charge in [0.2, 0.25) is 21.1 Å². The van der Waals surface area contributed by atoms with E-state index in [1.54, 1.807) is 24.3 Å². The van der Waals surface area contributed by atoms with Crippen LogP contribution in [0.2, 0.25) is 0 Å². The van der Waals surface area contributed by atoms with Gasteiger partial charge in [-0.05, 0) is 31.9 Å². The van der Waals surface area contributed by atoms with E-state index in [4.69, 9.17) is 0 Å². The molecule has 0 atom stereocenters. The minimum atomic E-state index is -3.50. The summed E-state index contributed by atoms with van der Waals surface area (Å²) in [4.78, 5) is 14.7. The van der Waals surface area contributed by atoms with Crippen molar-refractivity contribution in [1.82, 2.24) is 19.4 Å². The van der Waals surface area contributed by atoms with Crippen molar-refractivity contribution in [3.05, 3.63) is 34.8 Å². The predicted octanol–water partition coefficient (Wildman–Crippen LogP) is 2.84. The minimum absolute atomic E-state index is 0.138. The molecular formula is C21H29N5O3S2. The average Bonchev–Trinajstić information content (AvgIpc) is 3.23. The van der Waals surface area contributed by atoms with E-state index in [1.807, 2.05) is 11.8 Å². The summed E-state index contributed by atoms with van der Waals surface area (Å²) in [5.74, 6) is 0.335. The molecule has 1 aliphatic carbocycles. The SMILES string of the molecule is Cc1ccc(S(=O)(=O)N2CCN(CC(=O)Nc3nnc(C4CCCCC4)s3)CC2)cc1. The topological polar surface area (TPSA) is 95.5 Å². The highest BCUT2D eigenvalue weighted by molar-refractivity contribution is 7.89. The summed E-state index contributed by atoms with van der Waals surface area (Å²) < 4.78 is 27.1. The number of nitrogens with zero attached hydrogens (tertiary/aromatic N) is 4. The highest BCUT2D eigenvalue weighted by Crippen LogP contribution is 2.35. The first-order valence-electron chi connectivity index (χ1n) is 10.8. The summed E-state index contributed by atoms with van der Waals surface area (Å²) >= 11 is 1.47. The Balaban J connectivity index is 1.26. The molecule has 2 heterocycles. The Morgan fingerprint density at radius 1 is 1.06 bits per heavy atom. The third-order valence-electron chi connectivity index (χ3n) is 6.00. The molecule has 168 valence electrons. The van der Waals surface area contributed by atoms with Crippen molar-refractivity contribution in [2.24, 2.45) is 0 Å². The second kappa shape index (κ2) is 9.72. The summed E-state index contributed by atoms with van der Waals surface area (Å²) in [5, 5.41) is 12.8. The maximum Gasteiger partial charge on any atom is 0.243 e. The van der Waals surface area contributed by atoms with Gasteiger partial charge in [0.05, 0.1) is 11.4 Å². The largest absolute Gasteiger partial charge is 0.299 e. The van der Waals surface area contributed by atoms with Gasteiger partial charge < -0.3 is 0 Å². The van der Waals surface area contributed by atoms with E-state index < -0.39 is 10.0 Å². The third kappa shape index (κ3) is 5.49. The zero-order chi connectivity index (χ0) is 21.8. The molecule has 0 spiro atoms. The summed E-state index contributed by atoms with van der Waals surface area (Å²) in [6.07, 6.45) is 6.06. The van der Waals surface area contributed by atoms with Gasteiger partial charge >= 0.3 is 0 Å². The lowest BCUT2D eigenvalue weighted by Gasteiger charge is -2.33. The maximum atomic E-state index is 12.8. The number of piperazine rings is 1. The van der Waals surface area contributed by atoms with E-state index >= 15 is 0 Å². The Kier molecular flexibility index (Phi) is 7.00. The normalized spacial score (nSPS) is 19.4. The van der Waals surface area contributed by atoms with Crippen molar-refractivity contribution in [3.63, 3.8) is 0 Å². The van der Waals surface area contributed by atoms with Crippen molar-refractivity contribution in [3.8, 4) is 0 Å². The number of carbonyl (C=O) groups excluding carboxylic acids is 1. The van der Waals surface area contributed by atoms with Crippen LogP contribution in [0.1, 0.15) is 48.6 Å². The molecule has 1 saturated carbocycles. The van der Waals surface area contributed by atoms with Crippen LogP contribution in [0.4, 0.5) is 5.13 Å². The molecule has 2 fully saturated rings. The molecule has 2 aromatic rings. The average molecular weight is 464 g/mol. The number of sulfonamides is 1. The molecule has 1 aliphatic heterocycles. The van der Waals surface area contributed by atoms with Gasteiger partial charge in [0, 0.05) is 32.1 Å². The van der Waals surface area contributed by atoms with Crippen LogP contribution >= 0.6 is 11.3 Å². The maximum absolute atomic E-state index is 12.8. The van der Waals surface area contributed by atoms with Crippen molar-refractivity contribution >= 4 is 32.4 Å². The van der Waals surface area contributed by atoms with Gasteiger partial charge in [-0.3, -0.25) is 15.0 Å². The molecule has 1 N–H and O–H groups in total. The quantitative estimate of drug-likeness (QED) is 0.708. The van der Waals surface area contributed by atoms with Crippen LogP contribution < -0.4 is 5.32 Å². The van der Waals surface area contributed by atoms with Gasteiger partial charge in [-0.1, -0.05) is 48.3 Å². The monoisotopic (exact) mass is 463 g/mol. The molecule has 4 rings (SSSR count). The van der Waals surface area contributed by atoms with Crippen molar-refractivity contribution < 1.29 is 13.2 Å². The molecule has 0 radical (unpaired) electrons. The third-order valence-corrected chi connectivity index (χ3v) is 8.91. The molecular weight excluding hydrogens is 434 g/mol. The second-order valence-corrected chi connectivity index (χ2v) is 11.3. The lowest BCUT2D eigenvalue weighted by Crippen LogP contribution is -2.50. The zero-order valence-electron chi connectivity index (χ0n) is 17.8. The van der Waals surface area contributed by atoms with Crippen LogP contribution in [-0.4, -0.2) is 66.5 Å². The molecule has 0 bridgehead atoms. The van der Waals surface area contributed by atoms with Gasteiger partial charge in [-0.25, -0.2) is 8.42 Å². The highest BCUT2D eigenvalue weighted by Gasteiger charge is 2.29. The van der Waals surface area contributed by atoms with Crippen molar-refractivity contribution in [2.75, 3.05) is 38.0 Å². The van der Waals surface area contributed by atoms with E-state index in [0.29, 0.717) is 42.1 Å². The second-order valence-electron chi connectivity index (χ2n) is 8.32. The van der Waals surface area contributed by atoms with Crippen LogP contribution in [0.25, 0.3) is 0 Å². The Morgan fingerprint density at radius 3 is 2.42 bits per heavy atom. The van der Waals surface area contributed by atoms with E-state index in [1.165, 1.54) is 34.9 Å². The summed E-state index contributed by atoms with van der Waals surface area (Å²) in [5.41, 5.74) is 1.02. The zero-order valence-corrected chi connectivity index (χ0v) is 19.4. The Hall–Kier alpha value is -1.88. The van der Waals surface area contributed by atoms with E-state index in [-0.39, 0.29) is 12.5 Å². The van der Waals surface area contributed by atoms with Gasteiger partial charge in [0.1, 0.15) is 5.01 Å². The molecule has 2 aliphatic rings. The number of aryl methyl sites for hydroxylation is 1. The standard InChI is InChI=1S/C21H29N5O3S2/c1-16-7-9-18(10-8-16)31(28,29)26-13-11-25(12-14-26)15-19(27)22-21-24-23-20(30-21)17-5-3-2-4-6-17/h7-10,17H,2-6,11-15H2,1H3,(H,22,24,27). The van der Waals surface area contributed by atoms with Crippen molar-refractivity contribution in [2.45, 2.75) is 49.8 Å². The lowest BCUT2D eigenvalue weighted by atomic mass is 9.90. The Morgan fingerprint density at radius 2 is 1.74 bits per heavy atom. The molecule has 0 unspecified atom stereocenters. The van der Waals surface area contributed by atoms with Crippen molar-refractivity contribution in [1.29, 1.82) is 0 Å². The Labute approximate surface area is 187 Å². The number of hydrogen-bond donors (Lipinski definition) is 1. The lowest BCUT2D eigenvalue weighted by molar-refractivity contribution is -0.117. The predicted molar refractivity (Wildman–Crippen MR) is 121 cm³/mol. The molecule has 8 nitrogen and oxygen atoms in total. The molecule has 31 heavy (non-hydrogen) atoms. The number of rotatable bonds is 6. The van der Waals surface area contributed by atoms with E-state index in [0.717, 1.165) is 23.4 Å². The smallest absolute Gasteiger partial charge is 0.243 e. The number of hydrogen-bond acceptors (Lipinski definition) is 7. The highest BCUT2D eigenvalue weighted by atomic mass is 32.2. The molecule has 1 saturated heterocycles. The van der Waals surface area contributed by atoms with Gasteiger partial charge in [0.15, 0.2) is 0 Å². The van der Waals surface area contributed by atoms with E-state index in [9.17, 15) is 13.2 Å². The van der Waals surface area contributed by atoms with Crippen LogP contribution in [0.15, 0.2) is 29.2 Å². The first-order chi connectivity index (χ1) is 14.9. The van der Waals surface area contributed by atoms with Crippen LogP contribution in [0.3, 0.4) is 0 Å². The van der Waals surface area contributed by atoms with Crippen LogP contribution in [0, 0.1) is 6.92 Å². The Bertz CT molecular complexity index is 992. The van der Waals surface area contributed by atoms with Crippen LogP contribution in [0.5, 0.6) is 0 Å². The van der Waals surface area contributed by atoms with Crippen LogP contribution in [-0.2, 0) is 14.8 Å². The fraction of sp³-hybridized carbons (Fsp3) is 0.571. The van der Waals surface area contributed by atoms with Gasteiger partial charge in [-0.2, -0.15) is 4.31 Å². The fourth-order valence-electron chi connectivity index (χ4n) is 4.15. The molecule has 1 aromatic carbocycles. The molecule has 1 amide bonds. The number of anilines is 1.